The molecule has 0 aliphatic carbocycles. The SMILES string of the molecule is CONC(C)=CCn1cnc2c(N)ncnc21. The average molecular weight is 234 g/mol. The van der Waals surface area contributed by atoms with Gasteiger partial charge in [-0.05, 0) is 13.0 Å². The Morgan fingerprint density at radius 1 is 1.53 bits per heavy atom. The number of aromatic nitrogens is 4. The fourth-order valence-electron chi connectivity index (χ4n) is 1.47. The van der Waals surface area contributed by atoms with E-state index in [1.165, 1.54) is 6.33 Å². The molecular formula is C10H14N6O. The zero-order chi connectivity index (χ0) is 12.3. The van der Waals surface area contributed by atoms with E-state index in [4.69, 9.17) is 10.6 Å². The van der Waals surface area contributed by atoms with Crippen molar-refractivity contribution in [2.24, 2.45) is 0 Å². The van der Waals surface area contributed by atoms with Gasteiger partial charge in [-0.25, -0.2) is 15.0 Å². The lowest BCUT2D eigenvalue weighted by Gasteiger charge is -2.03. The van der Waals surface area contributed by atoms with E-state index in [-0.39, 0.29) is 0 Å². The number of anilines is 1. The number of hydroxylamine groups is 1. The van der Waals surface area contributed by atoms with Crippen LogP contribution in [-0.4, -0.2) is 26.6 Å². The zero-order valence-electron chi connectivity index (χ0n) is 9.71. The molecule has 0 aliphatic rings. The normalized spacial score (nSPS) is 12.0. The molecule has 0 spiro atoms. The van der Waals surface area contributed by atoms with Crippen molar-refractivity contribution in [2.75, 3.05) is 12.8 Å². The molecule has 2 aromatic rings. The molecule has 0 atom stereocenters. The fraction of sp³-hybridized carbons (Fsp3) is 0.300. The van der Waals surface area contributed by atoms with Gasteiger partial charge in [0.05, 0.1) is 13.4 Å². The van der Waals surface area contributed by atoms with Gasteiger partial charge in [0.1, 0.15) is 11.8 Å². The fourth-order valence-corrected chi connectivity index (χ4v) is 1.47. The second-order valence-corrected chi connectivity index (χ2v) is 3.52. The molecule has 0 bridgehead atoms. The van der Waals surface area contributed by atoms with Crippen LogP contribution in [0.3, 0.4) is 0 Å². The maximum absolute atomic E-state index is 5.70. The maximum Gasteiger partial charge on any atom is 0.165 e. The highest BCUT2D eigenvalue weighted by Crippen LogP contribution is 2.13. The first kappa shape index (κ1) is 11.3. The molecule has 0 aromatic carbocycles. The average Bonchev–Trinajstić information content (AvgIpc) is 2.72. The Labute approximate surface area is 98.3 Å². The van der Waals surface area contributed by atoms with Gasteiger partial charge in [-0.1, -0.05) is 0 Å². The summed E-state index contributed by atoms with van der Waals surface area (Å²) in [5.74, 6) is 0.393. The van der Waals surface area contributed by atoms with Crippen molar-refractivity contribution in [1.29, 1.82) is 0 Å². The largest absolute Gasteiger partial charge is 0.382 e. The van der Waals surface area contributed by atoms with Gasteiger partial charge < -0.3 is 10.3 Å². The van der Waals surface area contributed by atoms with Crippen LogP contribution in [0.4, 0.5) is 5.82 Å². The predicted molar refractivity (Wildman–Crippen MR) is 63.6 cm³/mol. The zero-order valence-corrected chi connectivity index (χ0v) is 9.71. The van der Waals surface area contributed by atoms with Crippen LogP contribution in [-0.2, 0) is 11.4 Å². The van der Waals surface area contributed by atoms with Crippen molar-refractivity contribution in [3.05, 3.63) is 24.4 Å². The summed E-state index contributed by atoms with van der Waals surface area (Å²) in [4.78, 5) is 17.0. The number of imidazole rings is 1. The molecule has 0 fully saturated rings. The number of hydrogen-bond donors (Lipinski definition) is 2. The molecule has 0 amide bonds. The van der Waals surface area contributed by atoms with E-state index >= 15 is 0 Å². The van der Waals surface area contributed by atoms with Gasteiger partial charge in [0.25, 0.3) is 0 Å². The Morgan fingerprint density at radius 2 is 2.35 bits per heavy atom. The van der Waals surface area contributed by atoms with Crippen molar-refractivity contribution in [3.8, 4) is 0 Å². The molecule has 0 radical (unpaired) electrons. The van der Waals surface area contributed by atoms with E-state index in [0.717, 1.165) is 11.3 Å². The minimum absolute atomic E-state index is 0.393. The molecule has 2 rings (SSSR count). The Kier molecular flexibility index (Phi) is 3.20. The lowest BCUT2D eigenvalue weighted by atomic mass is 10.4. The highest BCUT2D eigenvalue weighted by molar-refractivity contribution is 5.81. The van der Waals surface area contributed by atoms with E-state index < -0.39 is 0 Å². The third-order valence-electron chi connectivity index (χ3n) is 2.29. The summed E-state index contributed by atoms with van der Waals surface area (Å²) in [6.45, 7) is 2.54. The Hall–Kier alpha value is -2.15. The predicted octanol–water partition coefficient (Wildman–Crippen LogP) is 0.463. The summed E-state index contributed by atoms with van der Waals surface area (Å²) in [5.41, 5.74) is 10.7. The number of fused-ring (bicyclic) bond motifs is 1. The lowest BCUT2D eigenvalue weighted by molar-refractivity contribution is 0.117. The Balaban J connectivity index is 2.25. The van der Waals surface area contributed by atoms with Crippen molar-refractivity contribution in [2.45, 2.75) is 13.5 Å². The van der Waals surface area contributed by atoms with E-state index in [2.05, 4.69) is 20.4 Å². The van der Waals surface area contributed by atoms with Gasteiger partial charge in [-0.2, -0.15) is 0 Å². The van der Waals surface area contributed by atoms with Crippen LogP contribution in [0.5, 0.6) is 0 Å². The standard InChI is InChI=1S/C10H14N6O/c1-7(15-17-2)3-4-16-6-14-8-9(11)12-5-13-10(8)16/h3,5-6,15H,4H2,1-2H3,(H2,11,12,13). The minimum atomic E-state index is 0.393. The van der Waals surface area contributed by atoms with Crippen LogP contribution in [0.25, 0.3) is 11.2 Å². The molecule has 0 saturated heterocycles. The molecule has 90 valence electrons. The summed E-state index contributed by atoms with van der Waals surface area (Å²) in [6.07, 6.45) is 5.08. The van der Waals surface area contributed by atoms with Crippen LogP contribution in [0, 0.1) is 0 Å². The topological polar surface area (TPSA) is 90.9 Å². The third-order valence-corrected chi connectivity index (χ3v) is 2.29. The molecule has 3 N–H and O–H groups in total. The molecule has 7 heteroatoms. The molecule has 0 unspecified atom stereocenters. The van der Waals surface area contributed by atoms with Gasteiger partial charge in [0.15, 0.2) is 11.5 Å². The van der Waals surface area contributed by atoms with Gasteiger partial charge in [-0.3, -0.25) is 10.3 Å². The smallest absolute Gasteiger partial charge is 0.165 e. The number of nitrogens with two attached hydrogens (primary N) is 1. The second kappa shape index (κ2) is 4.79. The molecule has 0 aliphatic heterocycles. The van der Waals surface area contributed by atoms with Crippen LogP contribution in [0.1, 0.15) is 6.92 Å². The monoisotopic (exact) mass is 234 g/mol. The molecule has 0 saturated carbocycles. The first-order valence-corrected chi connectivity index (χ1v) is 5.09. The summed E-state index contributed by atoms with van der Waals surface area (Å²) < 4.78 is 1.88. The summed E-state index contributed by atoms with van der Waals surface area (Å²) in [6, 6.07) is 0. The van der Waals surface area contributed by atoms with E-state index in [1.54, 1.807) is 13.4 Å². The van der Waals surface area contributed by atoms with Crippen molar-refractivity contribution >= 4 is 17.0 Å². The van der Waals surface area contributed by atoms with Crippen LogP contribution < -0.4 is 11.2 Å². The van der Waals surface area contributed by atoms with Crippen LogP contribution >= 0.6 is 0 Å². The van der Waals surface area contributed by atoms with Crippen LogP contribution in [0.2, 0.25) is 0 Å². The van der Waals surface area contributed by atoms with E-state index in [0.29, 0.717) is 17.9 Å². The number of hydrogen-bond acceptors (Lipinski definition) is 6. The van der Waals surface area contributed by atoms with E-state index in [9.17, 15) is 0 Å². The van der Waals surface area contributed by atoms with Gasteiger partial charge in [-0.15, -0.1) is 0 Å². The van der Waals surface area contributed by atoms with Gasteiger partial charge in [0.2, 0.25) is 0 Å². The summed E-state index contributed by atoms with van der Waals surface area (Å²) in [5, 5.41) is 0. The molecule has 7 nitrogen and oxygen atoms in total. The van der Waals surface area contributed by atoms with Gasteiger partial charge >= 0.3 is 0 Å². The number of nitrogens with one attached hydrogen (secondary N) is 1. The first-order valence-electron chi connectivity index (χ1n) is 5.09. The van der Waals surface area contributed by atoms with Crippen LogP contribution in [0.15, 0.2) is 24.4 Å². The molecule has 17 heavy (non-hydrogen) atoms. The molecule has 2 heterocycles. The summed E-state index contributed by atoms with van der Waals surface area (Å²) in [7, 11) is 1.57. The summed E-state index contributed by atoms with van der Waals surface area (Å²) >= 11 is 0. The highest BCUT2D eigenvalue weighted by atomic mass is 16.6. The van der Waals surface area contributed by atoms with Crippen molar-refractivity contribution in [3.63, 3.8) is 0 Å². The maximum atomic E-state index is 5.70. The van der Waals surface area contributed by atoms with Gasteiger partial charge in [0, 0.05) is 12.2 Å². The first-order chi connectivity index (χ1) is 8.22. The molecule has 2 aromatic heterocycles. The highest BCUT2D eigenvalue weighted by Gasteiger charge is 2.06. The minimum Gasteiger partial charge on any atom is -0.382 e. The number of nitrogens with zero attached hydrogens (tertiary/aromatic N) is 4. The quantitative estimate of drug-likeness (QED) is 0.747. The number of rotatable bonds is 4. The third kappa shape index (κ3) is 2.34. The Bertz CT molecular complexity index is 547. The molecular weight excluding hydrogens is 220 g/mol. The van der Waals surface area contributed by atoms with Crippen molar-refractivity contribution < 1.29 is 4.84 Å². The Morgan fingerprint density at radius 3 is 3.12 bits per heavy atom. The number of nitrogen functional groups attached to an aromatic ring is 1. The number of allylic oxidation sites excluding steroid dienone is 2. The lowest BCUT2D eigenvalue weighted by Crippen LogP contribution is -2.09. The second-order valence-electron chi connectivity index (χ2n) is 3.52. The van der Waals surface area contributed by atoms with Crippen molar-refractivity contribution in [1.82, 2.24) is 25.0 Å². The van der Waals surface area contributed by atoms with E-state index in [1.807, 2.05) is 17.6 Å².